The first-order chi connectivity index (χ1) is 20.9. The highest BCUT2D eigenvalue weighted by Crippen LogP contribution is 2.36. The first-order valence-electron chi connectivity index (χ1n) is 14.2. The summed E-state index contributed by atoms with van der Waals surface area (Å²) in [5.41, 5.74) is 12.6. The fourth-order valence-corrected chi connectivity index (χ4v) is 5.33. The number of hydrogen-bond acceptors (Lipinski definition) is 8. The number of benzene rings is 3. The summed E-state index contributed by atoms with van der Waals surface area (Å²) in [6.45, 7) is 4.11. The summed E-state index contributed by atoms with van der Waals surface area (Å²) in [6, 6.07) is 21.2. The van der Waals surface area contributed by atoms with Crippen LogP contribution in [0.25, 0.3) is 10.9 Å². The van der Waals surface area contributed by atoms with Crippen molar-refractivity contribution in [3.63, 3.8) is 0 Å². The second-order valence-electron chi connectivity index (χ2n) is 10.6. The summed E-state index contributed by atoms with van der Waals surface area (Å²) < 4.78 is 7.70. The van der Waals surface area contributed by atoms with Gasteiger partial charge in [0.1, 0.15) is 18.1 Å². The molecule has 1 amide bonds. The van der Waals surface area contributed by atoms with Crippen LogP contribution in [0.3, 0.4) is 0 Å². The van der Waals surface area contributed by atoms with Crippen molar-refractivity contribution >= 4 is 39.8 Å². The number of aliphatic hydroxyl groups is 1. The Balaban J connectivity index is 0.923. The zero-order valence-electron chi connectivity index (χ0n) is 23.7. The van der Waals surface area contributed by atoms with E-state index in [2.05, 4.69) is 26.1 Å². The zero-order valence-corrected chi connectivity index (χ0v) is 24.5. The van der Waals surface area contributed by atoms with Crippen molar-refractivity contribution in [1.29, 1.82) is 0 Å². The molecule has 1 unspecified atom stereocenters. The maximum atomic E-state index is 12.5. The number of aryl methyl sites for hydroxylation is 2. The Hall–Kier alpha value is -4.51. The fraction of sp³-hybridized carbons (Fsp3) is 0.250. The van der Waals surface area contributed by atoms with E-state index in [0.717, 1.165) is 57.7 Å². The lowest BCUT2D eigenvalue weighted by Gasteiger charge is -2.17. The van der Waals surface area contributed by atoms with Crippen molar-refractivity contribution in [2.75, 3.05) is 16.9 Å². The highest BCUT2D eigenvalue weighted by atomic mass is 35.5. The van der Waals surface area contributed by atoms with Crippen molar-refractivity contribution < 1.29 is 14.6 Å². The SMILES string of the molecule is Cc1ccc2c(c1)C(O)C(=O)N2CCCCn1cc(COc2ccc(CNNc3ccnc4cc(Cl)ccc34)cc2)nn1. The minimum Gasteiger partial charge on any atom is -0.487 e. The highest BCUT2D eigenvalue weighted by Gasteiger charge is 2.35. The lowest BCUT2D eigenvalue weighted by Crippen LogP contribution is -2.29. The van der Waals surface area contributed by atoms with E-state index in [4.69, 9.17) is 16.3 Å². The van der Waals surface area contributed by atoms with Crippen molar-refractivity contribution in [1.82, 2.24) is 25.4 Å². The molecule has 3 N–H and O–H groups in total. The topological polar surface area (TPSA) is 117 Å². The molecule has 11 heteroatoms. The molecule has 1 atom stereocenters. The van der Waals surface area contributed by atoms with Gasteiger partial charge in [-0.2, -0.15) is 0 Å². The number of fused-ring (bicyclic) bond motifs is 2. The first kappa shape index (κ1) is 28.6. The van der Waals surface area contributed by atoms with Crippen molar-refractivity contribution in [2.45, 2.75) is 45.6 Å². The van der Waals surface area contributed by atoms with Crippen molar-refractivity contribution in [3.05, 3.63) is 107 Å². The number of aliphatic hydroxyl groups excluding tert-OH is 1. The van der Waals surface area contributed by atoms with Gasteiger partial charge in [-0.05, 0) is 67.8 Å². The number of nitrogens with one attached hydrogen (secondary N) is 2. The minimum atomic E-state index is -1.07. The van der Waals surface area contributed by atoms with Gasteiger partial charge in [-0.1, -0.05) is 46.6 Å². The molecule has 5 aromatic rings. The summed E-state index contributed by atoms with van der Waals surface area (Å²) in [5.74, 6) is 0.489. The molecular weight excluding hydrogens is 566 g/mol. The molecule has 0 radical (unpaired) electrons. The summed E-state index contributed by atoms with van der Waals surface area (Å²) in [7, 11) is 0. The van der Waals surface area contributed by atoms with Crippen LogP contribution in [0, 0.1) is 6.92 Å². The largest absolute Gasteiger partial charge is 0.487 e. The van der Waals surface area contributed by atoms with Gasteiger partial charge in [0.05, 0.1) is 23.1 Å². The van der Waals surface area contributed by atoms with Gasteiger partial charge in [-0.3, -0.25) is 14.5 Å². The van der Waals surface area contributed by atoms with Gasteiger partial charge < -0.3 is 20.2 Å². The number of pyridine rings is 1. The van der Waals surface area contributed by atoms with Gasteiger partial charge in [-0.15, -0.1) is 5.10 Å². The van der Waals surface area contributed by atoms with Gasteiger partial charge >= 0.3 is 0 Å². The number of rotatable bonds is 12. The van der Waals surface area contributed by atoms with Crippen LogP contribution < -0.4 is 20.5 Å². The molecule has 0 aliphatic carbocycles. The number of unbranched alkanes of at least 4 members (excludes halogenated alkanes) is 1. The Kier molecular flexibility index (Phi) is 8.50. The lowest BCUT2D eigenvalue weighted by atomic mass is 10.1. The average molecular weight is 598 g/mol. The third-order valence-electron chi connectivity index (χ3n) is 7.40. The Morgan fingerprint density at radius 2 is 1.86 bits per heavy atom. The molecule has 0 bridgehead atoms. The summed E-state index contributed by atoms with van der Waals surface area (Å²) in [4.78, 5) is 18.6. The van der Waals surface area contributed by atoms with E-state index in [0.29, 0.717) is 36.8 Å². The third-order valence-corrected chi connectivity index (χ3v) is 7.64. The molecule has 220 valence electrons. The molecule has 3 heterocycles. The van der Waals surface area contributed by atoms with Gasteiger partial charge in [-0.25, -0.2) is 5.43 Å². The molecule has 0 saturated carbocycles. The van der Waals surface area contributed by atoms with Crippen LogP contribution in [0.15, 0.2) is 79.1 Å². The Morgan fingerprint density at radius 3 is 2.72 bits per heavy atom. The smallest absolute Gasteiger partial charge is 0.260 e. The Morgan fingerprint density at radius 1 is 1.02 bits per heavy atom. The summed E-state index contributed by atoms with van der Waals surface area (Å²) in [6.07, 6.45) is 4.16. The number of amides is 1. The predicted octanol–water partition coefficient (Wildman–Crippen LogP) is 5.34. The molecule has 0 spiro atoms. The predicted molar refractivity (Wildman–Crippen MR) is 166 cm³/mol. The van der Waals surface area contributed by atoms with Gasteiger partial charge in [0, 0.05) is 41.8 Å². The molecule has 6 rings (SSSR count). The van der Waals surface area contributed by atoms with E-state index in [1.165, 1.54) is 0 Å². The number of hydrogen-bond donors (Lipinski definition) is 3. The molecule has 1 aliphatic heterocycles. The second-order valence-corrected chi connectivity index (χ2v) is 11.0. The van der Waals surface area contributed by atoms with Crippen molar-refractivity contribution in [3.8, 4) is 5.75 Å². The van der Waals surface area contributed by atoms with Crippen molar-refractivity contribution in [2.24, 2.45) is 0 Å². The standard InChI is InChI=1S/C32H32ClN7O3/c1-21-4-11-30-27(16-21)31(41)32(42)40(30)15-3-2-14-39-19-24(36-38-39)20-43-25-8-5-22(6-9-25)18-35-37-28-12-13-34-29-17-23(33)7-10-26(28)29/h4-13,16-17,19,31,35,41H,2-3,14-15,18,20H2,1H3,(H,34,37). The number of carbonyl (C=O) groups excluding carboxylic acids is 1. The monoisotopic (exact) mass is 597 g/mol. The Bertz CT molecular complexity index is 1740. The number of ether oxygens (including phenoxy) is 1. The van der Waals surface area contributed by atoms with E-state index in [9.17, 15) is 9.90 Å². The fourth-order valence-electron chi connectivity index (χ4n) is 5.16. The van der Waals surface area contributed by atoms with Crippen LogP contribution in [-0.2, 0) is 24.5 Å². The van der Waals surface area contributed by atoms with E-state index in [-0.39, 0.29) is 5.91 Å². The number of halogens is 1. The molecule has 10 nitrogen and oxygen atoms in total. The van der Waals surface area contributed by atoms with E-state index in [1.54, 1.807) is 15.8 Å². The van der Waals surface area contributed by atoms with Crippen LogP contribution in [0.1, 0.15) is 41.3 Å². The third kappa shape index (κ3) is 6.61. The van der Waals surface area contributed by atoms with Gasteiger partial charge in [0.25, 0.3) is 5.91 Å². The lowest BCUT2D eigenvalue weighted by molar-refractivity contribution is -0.125. The molecular formula is C32H32ClN7O3. The second kappa shape index (κ2) is 12.8. The summed E-state index contributed by atoms with van der Waals surface area (Å²) >= 11 is 6.08. The number of anilines is 2. The van der Waals surface area contributed by atoms with E-state index in [1.807, 2.05) is 79.9 Å². The number of nitrogens with zero attached hydrogens (tertiary/aromatic N) is 5. The van der Waals surface area contributed by atoms with Crippen LogP contribution >= 0.6 is 11.6 Å². The summed E-state index contributed by atoms with van der Waals surface area (Å²) in [5, 5.41) is 20.4. The minimum absolute atomic E-state index is 0.258. The Labute approximate surface area is 254 Å². The van der Waals surface area contributed by atoms with Gasteiger partial charge in [0.15, 0.2) is 6.10 Å². The molecule has 1 aliphatic rings. The maximum absolute atomic E-state index is 12.5. The molecule has 3 aromatic carbocycles. The molecule has 0 saturated heterocycles. The average Bonchev–Trinajstić information content (AvgIpc) is 3.56. The molecule has 43 heavy (non-hydrogen) atoms. The molecule has 2 aromatic heterocycles. The van der Waals surface area contributed by atoms with E-state index >= 15 is 0 Å². The van der Waals surface area contributed by atoms with E-state index < -0.39 is 6.10 Å². The van der Waals surface area contributed by atoms with Crippen LogP contribution in [-0.4, -0.2) is 37.5 Å². The van der Waals surface area contributed by atoms with Crippen LogP contribution in [0.4, 0.5) is 11.4 Å². The number of hydrazine groups is 1. The van der Waals surface area contributed by atoms with Crippen LogP contribution in [0.2, 0.25) is 5.02 Å². The zero-order chi connectivity index (χ0) is 29.8. The number of aromatic nitrogens is 4. The quantitative estimate of drug-likeness (QED) is 0.130. The van der Waals surface area contributed by atoms with Gasteiger partial charge in [0.2, 0.25) is 0 Å². The van der Waals surface area contributed by atoms with Crippen LogP contribution in [0.5, 0.6) is 5.75 Å². The normalized spacial score (nSPS) is 14.3. The highest BCUT2D eigenvalue weighted by molar-refractivity contribution is 6.31. The first-order valence-corrected chi connectivity index (χ1v) is 14.6. The number of carbonyl (C=O) groups is 1. The maximum Gasteiger partial charge on any atom is 0.260 e. The molecule has 0 fully saturated rings.